The Bertz CT molecular complexity index is 1090. The molecular weight excluding hydrogens is 372 g/mol. The van der Waals surface area contributed by atoms with Gasteiger partial charge in [0.2, 0.25) is 0 Å². The molecule has 29 heavy (non-hydrogen) atoms. The van der Waals surface area contributed by atoms with Gasteiger partial charge in [0.15, 0.2) is 5.78 Å². The van der Waals surface area contributed by atoms with E-state index in [1.807, 2.05) is 19.9 Å². The van der Waals surface area contributed by atoms with Crippen molar-refractivity contribution in [1.29, 1.82) is 0 Å². The molecule has 150 valence electrons. The van der Waals surface area contributed by atoms with Crippen LogP contribution in [0.5, 0.6) is 5.75 Å². The Balaban J connectivity index is 1.54. The lowest BCUT2D eigenvalue weighted by Gasteiger charge is -2.08. The van der Waals surface area contributed by atoms with Crippen LogP contribution in [0.25, 0.3) is 5.65 Å². The van der Waals surface area contributed by atoms with E-state index < -0.39 is 5.97 Å². The summed E-state index contributed by atoms with van der Waals surface area (Å²) in [5, 5.41) is 0. The van der Waals surface area contributed by atoms with Crippen molar-refractivity contribution in [2.75, 3.05) is 6.61 Å². The van der Waals surface area contributed by atoms with Gasteiger partial charge < -0.3 is 9.47 Å². The molecule has 0 radical (unpaired) electrons. The molecule has 0 atom stereocenters. The number of carbonyl (C=O) groups excluding carboxylic acids is 2. The van der Waals surface area contributed by atoms with Crippen molar-refractivity contribution in [1.82, 2.24) is 9.38 Å². The number of pyridine rings is 1. The van der Waals surface area contributed by atoms with Crippen LogP contribution in [-0.4, -0.2) is 27.7 Å². The molecule has 0 spiro atoms. The Morgan fingerprint density at radius 2 is 1.83 bits per heavy atom. The Labute approximate surface area is 167 Å². The van der Waals surface area contributed by atoms with E-state index in [0.717, 1.165) is 5.69 Å². The van der Waals surface area contributed by atoms with E-state index in [2.05, 4.69) is 4.98 Å². The van der Waals surface area contributed by atoms with Crippen LogP contribution in [0.2, 0.25) is 0 Å². The van der Waals surface area contributed by atoms with Crippen LogP contribution in [0.15, 0.2) is 53.3 Å². The molecule has 7 heteroatoms. The van der Waals surface area contributed by atoms with E-state index in [0.29, 0.717) is 29.3 Å². The number of hydrogen-bond acceptors (Lipinski definition) is 6. The number of fused-ring (bicyclic) bond motifs is 1. The monoisotopic (exact) mass is 394 g/mol. The van der Waals surface area contributed by atoms with E-state index >= 15 is 0 Å². The molecule has 2 heterocycles. The van der Waals surface area contributed by atoms with Gasteiger partial charge in [0.25, 0.3) is 5.56 Å². The van der Waals surface area contributed by atoms with Crippen LogP contribution in [0.4, 0.5) is 0 Å². The smallest absolute Gasteiger partial charge is 0.306 e. The van der Waals surface area contributed by atoms with E-state index in [9.17, 15) is 14.4 Å². The number of ketones is 1. The van der Waals surface area contributed by atoms with Crippen LogP contribution in [0.1, 0.15) is 41.5 Å². The zero-order valence-corrected chi connectivity index (χ0v) is 16.4. The highest BCUT2D eigenvalue weighted by Crippen LogP contribution is 2.14. The lowest BCUT2D eigenvalue weighted by Crippen LogP contribution is -2.18. The van der Waals surface area contributed by atoms with Gasteiger partial charge >= 0.3 is 5.97 Å². The summed E-state index contributed by atoms with van der Waals surface area (Å²) in [7, 11) is 0. The maximum Gasteiger partial charge on any atom is 0.306 e. The number of hydrogen-bond donors (Lipinski definition) is 0. The number of carbonyl (C=O) groups is 2. The van der Waals surface area contributed by atoms with Crippen molar-refractivity contribution >= 4 is 17.4 Å². The van der Waals surface area contributed by atoms with Gasteiger partial charge in [-0.2, -0.15) is 0 Å². The topological polar surface area (TPSA) is 87.0 Å². The number of esters is 1. The third kappa shape index (κ3) is 5.07. The van der Waals surface area contributed by atoms with Gasteiger partial charge in [-0.15, -0.1) is 0 Å². The Kier molecular flexibility index (Phi) is 6.39. The molecule has 0 aliphatic heterocycles. The molecule has 0 saturated heterocycles. The van der Waals surface area contributed by atoms with Crippen molar-refractivity contribution in [3.8, 4) is 5.75 Å². The first-order valence-corrected chi connectivity index (χ1v) is 9.38. The van der Waals surface area contributed by atoms with Crippen LogP contribution in [-0.2, 0) is 16.1 Å². The van der Waals surface area contributed by atoms with Crippen molar-refractivity contribution in [2.24, 2.45) is 0 Å². The zero-order chi connectivity index (χ0) is 20.8. The summed E-state index contributed by atoms with van der Waals surface area (Å²) in [4.78, 5) is 40.8. The molecule has 0 saturated carbocycles. The number of rotatable bonds is 8. The summed E-state index contributed by atoms with van der Waals surface area (Å²) >= 11 is 0. The second-order valence-electron chi connectivity index (χ2n) is 6.49. The number of benzene rings is 1. The van der Waals surface area contributed by atoms with E-state index in [1.54, 1.807) is 36.4 Å². The third-order valence-corrected chi connectivity index (χ3v) is 4.36. The van der Waals surface area contributed by atoms with Gasteiger partial charge in [-0.1, -0.05) is 6.07 Å². The minimum Gasteiger partial charge on any atom is -0.494 e. The second kappa shape index (κ2) is 9.14. The summed E-state index contributed by atoms with van der Waals surface area (Å²) in [6.45, 7) is 4.14. The van der Waals surface area contributed by atoms with Gasteiger partial charge in [-0.3, -0.25) is 18.8 Å². The van der Waals surface area contributed by atoms with Gasteiger partial charge in [-0.05, 0) is 50.2 Å². The van der Waals surface area contributed by atoms with Gasteiger partial charge in [0.05, 0.1) is 18.7 Å². The predicted molar refractivity (Wildman–Crippen MR) is 107 cm³/mol. The number of ether oxygens (including phenoxy) is 2. The van der Waals surface area contributed by atoms with Crippen molar-refractivity contribution in [2.45, 2.75) is 33.3 Å². The normalized spacial score (nSPS) is 10.7. The average Bonchev–Trinajstić information content (AvgIpc) is 2.71. The van der Waals surface area contributed by atoms with Crippen molar-refractivity contribution in [3.05, 3.63) is 75.8 Å². The largest absolute Gasteiger partial charge is 0.494 e. The second-order valence-corrected chi connectivity index (χ2v) is 6.49. The van der Waals surface area contributed by atoms with E-state index in [4.69, 9.17) is 9.47 Å². The van der Waals surface area contributed by atoms with Gasteiger partial charge in [-0.25, -0.2) is 4.98 Å². The molecule has 7 nitrogen and oxygen atoms in total. The summed E-state index contributed by atoms with van der Waals surface area (Å²) < 4.78 is 12.0. The maximum atomic E-state index is 12.2. The van der Waals surface area contributed by atoms with Crippen LogP contribution in [0.3, 0.4) is 0 Å². The number of aryl methyl sites for hydroxylation is 1. The van der Waals surface area contributed by atoms with Crippen LogP contribution in [0, 0.1) is 6.92 Å². The third-order valence-electron chi connectivity index (χ3n) is 4.36. The molecule has 0 unspecified atom stereocenters. The summed E-state index contributed by atoms with van der Waals surface area (Å²) in [5.74, 6) is 0.0236. The molecule has 2 aromatic heterocycles. The van der Waals surface area contributed by atoms with E-state index in [1.165, 1.54) is 10.5 Å². The summed E-state index contributed by atoms with van der Waals surface area (Å²) in [5.41, 5.74) is 1.92. The number of aromatic nitrogens is 2. The lowest BCUT2D eigenvalue weighted by molar-refractivity contribution is -0.145. The Hall–Kier alpha value is -3.48. The fraction of sp³-hybridized carbons (Fsp3) is 0.273. The lowest BCUT2D eigenvalue weighted by atomic mass is 10.1. The van der Waals surface area contributed by atoms with Crippen molar-refractivity contribution in [3.63, 3.8) is 0 Å². The van der Waals surface area contributed by atoms with Crippen LogP contribution < -0.4 is 10.3 Å². The molecule has 3 rings (SSSR count). The first-order chi connectivity index (χ1) is 14.0. The molecule has 3 aromatic rings. The fourth-order valence-corrected chi connectivity index (χ4v) is 2.93. The maximum absolute atomic E-state index is 12.2. The Morgan fingerprint density at radius 1 is 1.07 bits per heavy atom. The molecular formula is C22H22N2O5. The minimum atomic E-state index is -0.518. The molecule has 0 bridgehead atoms. The molecule has 0 aliphatic rings. The zero-order valence-electron chi connectivity index (χ0n) is 16.4. The molecule has 0 fully saturated rings. The number of nitrogens with zero attached hydrogens (tertiary/aromatic N) is 2. The molecule has 1 aromatic carbocycles. The molecule has 0 N–H and O–H groups in total. The van der Waals surface area contributed by atoms with Crippen molar-refractivity contribution < 1.29 is 19.1 Å². The highest BCUT2D eigenvalue weighted by molar-refractivity contribution is 5.97. The number of Topliss-reactive ketones (excluding diaryl/α,β-unsaturated/α-hetero) is 1. The highest BCUT2D eigenvalue weighted by Gasteiger charge is 2.12. The molecule has 0 aliphatic carbocycles. The standard InChI is InChI=1S/C22H22N2O5/c1-3-28-18-9-7-16(8-10-18)19(25)11-12-22(27)29-14-17-13-21(26)24-15(2)5-4-6-20(24)23-17/h4-10,13H,3,11-12,14H2,1-2H3. The molecule has 0 amide bonds. The average molecular weight is 394 g/mol. The predicted octanol–water partition coefficient (Wildman–Crippen LogP) is 3.11. The summed E-state index contributed by atoms with van der Waals surface area (Å²) in [6, 6.07) is 13.5. The highest BCUT2D eigenvalue weighted by atomic mass is 16.5. The summed E-state index contributed by atoms with van der Waals surface area (Å²) in [6.07, 6.45) is -0.00245. The first-order valence-electron chi connectivity index (χ1n) is 9.38. The van der Waals surface area contributed by atoms with Gasteiger partial charge in [0, 0.05) is 23.7 Å². The Morgan fingerprint density at radius 3 is 2.55 bits per heavy atom. The quantitative estimate of drug-likeness (QED) is 0.431. The van der Waals surface area contributed by atoms with Gasteiger partial charge in [0.1, 0.15) is 18.0 Å². The first kappa shape index (κ1) is 20.3. The SMILES string of the molecule is CCOc1ccc(C(=O)CCC(=O)OCc2cc(=O)n3c(C)cccc3n2)cc1. The van der Waals surface area contributed by atoms with E-state index in [-0.39, 0.29) is 30.8 Å². The fourth-order valence-electron chi connectivity index (χ4n) is 2.93. The minimum absolute atomic E-state index is 0.0415. The van der Waals surface area contributed by atoms with Crippen LogP contribution >= 0.6 is 0 Å².